The number of nitrogens with zero attached hydrogens (tertiary/aromatic N) is 2. The van der Waals surface area contributed by atoms with Crippen molar-refractivity contribution in [1.29, 1.82) is 0 Å². The third-order valence-corrected chi connectivity index (χ3v) is 7.37. The van der Waals surface area contributed by atoms with Crippen molar-refractivity contribution in [2.75, 3.05) is 15.7 Å². The summed E-state index contributed by atoms with van der Waals surface area (Å²) in [6.45, 7) is 4.40. The van der Waals surface area contributed by atoms with E-state index in [9.17, 15) is 13.2 Å². The van der Waals surface area contributed by atoms with Crippen molar-refractivity contribution in [3.8, 4) is 0 Å². The van der Waals surface area contributed by atoms with Crippen molar-refractivity contribution in [3.05, 3.63) is 89.5 Å². The second-order valence-electron chi connectivity index (χ2n) is 7.90. The van der Waals surface area contributed by atoms with Crippen molar-refractivity contribution in [2.45, 2.75) is 38.1 Å². The van der Waals surface area contributed by atoms with Gasteiger partial charge in [-0.1, -0.05) is 42.5 Å². The first kappa shape index (κ1) is 21.1. The minimum absolute atomic E-state index is 0.0259. The molecule has 0 saturated heterocycles. The minimum Gasteiger partial charge on any atom is -0.312 e. The molecule has 160 valence electrons. The van der Waals surface area contributed by atoms with Crippen LogP contribution in [0.2, 0.25) is 0 Å². The highest BCUT2D eigenvalue weighted by Crippen LogP contribution is 2.32. The molecule has 5 nitrogen and oxygen atoms in total. The number of benzene rings is 3. The van der Waals surface area contributed by atoms with Crippen LogP contribution in [0.3, 0.4) is 0 Å². The molecule has 1 aliphatic heterocycles. The summed E-state index contributed by atoms with van der Waals surface area (Å²) < 4.78 is 29.1. The topological polar surface area (TPSA) is 57.7 Å². The van der Waals surface area contributed by atoms with Crippen LogP contribution in [0.1, 0.15) is 30.0 Å². The number of carbonyl (C=O) groups excluding carboxylic acids is 1. The lowest BCUT2D eigenvalue weighted by Crippen LogP contribution is -2.34. The maximum atomic E-state index is 13.8. The average Bonchev–Trinajstić information content (AvgIpc) is 2.77. The average molecular weight is 435 g/mol. The molecule has 0 saturated carbocycles. The Morgan fingerprint density at radius 3 is 2.48 bits per heavy atom. The predicted octanol–water partition coefficient (Wildman–Crippen LogP) is 4.69. The van der Waals surface area contributed by atoms with Crippen molar-refractivity contribution in [2.24, 2.45) is 0 Å². The quantitative estimate of drug-likeness (QED) is 0.585. The van der Waals surface area contributed by atoms with E-state index in [0.29, 0.717) is 12.2 Å². The molecule has 31 heavy (non-hydrogen) atoms. The van der Waals surface area contributed by atoms with Gasteiger partial charge in [-0.25, -0.2) is 8.42 Å². The number of sulfonamides is 1. The lowest BCUT2D eigenvalue weighted by atomic mass is 10.0. The van der Waals surface area contributed by atoms with E-state index in [2.05, 4.69) is 0 Å². The maximum absolute atomic E-state index is 13.8. The maximum Gasteiger partial charge on any atom is 0.264 e. The molecule has 0 aromatic heterocycles. The fraction of sp³-hybridized carbons (Fsp3) is 0.240. The SMILES string of the molecule is CC(=O)N1CCCc2cc(S(=O)(=O)N(Cc3ccccc3)c3cccc(C)c3)ccc21. The molecule has 0 unspecified atom stereocenters. The van der Waals surface area contributed by atoms with Gasteiger partial charge in [0.2, 0.25) is 5.91 Å². The van der Waals surface area contributed by atoms with Crippen molar-refractivity contribution in [3.63, 3.8) is 0 Å². The largest absolute Gasteiger partial charge is 0.312 e. The smallest absolute Gasteiger partial charge is 0.264 e. The molecule has 0 atom stereocenters. The van der Waals surface area contributed by atoms with Gasteiger partial charge in [0.25, 0.3) is 10.0 Å². The van der Waals surface area contributed by atoms with E-state index >= 15 is 0 Å². The summed E-state index contributed by atoms with van der Waals surface area (Å²) >= 11 is 0. The molecule has 0 fully saturated rings. The Bertz CT molecular complexity index is 1210. The highest BCUT2D eigenvalue weighted by Gasteiger charge is 2.28. The van der Waals surface area contributed by atoms with Crippen LogP contribution < -0.4 is 9.21 Å². The molecule has 3 aromatic carbocycles. The van der Waals surface area contributed by atoms with Gasteiger partial charge in [-0.3, -0.25) is 9.10 Å². The van der Waals surface area contributed by atoms with Gasteiger partial charge < -0.3 is 4.90 Å². The Balaban J connectivity index is 1.78. The first-order valence-corrected chi connectivity index (χ1v) is 11.8. The fourth-order valence-electron chi connectivity index (χ4n) is 4.04. The van der Waals surface area contributed by atoms with Gasteiger partial charge in [-0.05, 0) is 66.8 Å². The van der Waals surface area contributed by atoms with E-state index < -0.39 is 10.0 Å². The second-order valence-corrected chi connectivity index (χ2v) is 9.76. The van der Waals surface area contributed by atoms with Crippen LogP contribution in [-0.2, 0) is 27.8 Å². The van der Waals surface area contributed by atoms with Crippen LogP contribution in [0.15, 0.2) is 77.7 Å². The number of fused-ring (bicyclic) bond motifs is 1. The van der Waals surface area contributed by atoms with E-state index in [0.717, 1.165) is 35.2 Å². The monoisotopic (exact) mass is 434 g/mol. The first-order chi connectivity index (χ1) is 14.9. The van der Waals surface area contributed by atoms with Crippen LogP contribution in [0.4, 0.5) is 11.4 Å². The third kappa shape index (κ3) is 4.35. The number of rotatable bonds is 5. The number of hydrogen-bond donors (Lipinski definition) is 0. The van der Waals surface area contributed by atoms with Gasteiger partial charge in [0.1, 0.15) is 0 Å². The summed E-state index contributed by atoms with van der Waals surface area (Å²) in [7, 11) is -3.81. The van der Waals surface area contributed by atoms with Crippen molar-refractivity contribution < 1.29 is 13.2 Å². The Morgan fingerprint density at radius 1 is 1.00 bits per heavy atom. The molecule has 0 bridgehead atoms. The lowest BCUT2D eigenvalue weighted by Gasteiger charge is -2.30. The summed E-state index contributed by atoms with van der Waals surface area (Å²) in [5.41, 5.74) is 4.24. The van der Waals surface area contributed by atoms with Gasteiger partial charge in [0.15, 0.2) is 0 Å². The molecule has 1 amide bonds. The van der Waals surface area contributed by atoms with Gasteiger partial charge >= 0.3 is 0 Å². The van der Waals surface area contributed by atoms with Crippen LogP contribution in [-0.4, -0.2) is 20.9 Å². The molecule has 0 spiro atoms. The highest BCUT2D eigenvalue weighted by atomic mass is 32.2. The van der Waals surface area contributed by atoms with Gasteiger partial charge in [0.05, 0.1) is 17.1 Å². The number of anilines is 2. The van der Waals surface area contributed by atoms with Crippen LogP contribution in [0.25, 0.3) is 0 Å². The minimum atomic E-state index is -3.81. The summed E-state index contributed by atoms with van der Waals surface area (Å²) in [6.07, 6.45) is 1.58. The van der Waals surface area contributed by atoms with E-state index in [1.165, 1.54) is 4.31 Å². The van der Waals surface area contributed by atoms with Crippen LogP contribution in [0.5, 0.6) is 0 Å². The Labute approximate surface area is 184 Å². The summed E-state index contributed by atoms with van der Waals surface area (Å²) in [5, 5.41) is 0. The number of aryl methyl sites for hydroxylation is 2. The first-order valence-electron chi connectivity index (χ1n) is 10.4. The molecule has 0 radical (unpaired) electrons. The lowest BCUT2D eigenvalue weighted by molar-refractivity contribution is -0.116. The molecule has 3 aromatic rings. The molecular formula is C25H26N2O3S. The highest BCUT2D eigenvalue weighted by molar-refractivity contribution is 7.92. The molecule has 0 aliphatic carbocycles. The molecule has 4 rings (SSSR count). The standard InChI is InChI=1S/C25H26N2O3S/c1-19-8-6-12-23(16-19)27(18-21-9-4-3-5-10-21)31(29,30)24-13-14-25-22(17-24)11-7-15-26(25)20(2)28/h3-6,8-10,12-14,16-17H,7,11,15,18H2,1-2H3. The zero-order valence-electron chi connectivity index (χ0n) is 17.8. The summed E-state index contributed by atoms with van der Waals surface area (Å²) in [5.74, 6) is -0.0259. The molecular weight excluding hydrogens is 408 g/mol. The predicted molar refractivity (Wildman–Crippen MR) is 124 cm³/mol. The number of amides is 1. The second kappa shape index (κ2) is 8.55. The van der Waals surface area contributed by atoms with E-state index in [4.69, 9.17) is 0 Å². The van der Waals surface area contributed by atoms with E-state index in [1.54, 1.807) is 30.0 Å². The number of hydrogen-bond acceptors (Lipinski definition) is 3. The van der Waals surface area contributed by atoms with Crippen LogP contribution in [0, 0.1) is 6.92 Å². The fourth-order valence-corrected chi connectivity index (χ4v) is 5.53. The molecule has 6 heteroatoms. The summed E-state index contributed by atoms with van der Waals surface area (Å²) in [4.78, 5) is 13.9. The summed E-state index contributed by atoms with van der Waals surface area (Å²) in [6, 6.07) is 22.2. The Hall–Kier alpha value is -3.12. The normalized spacial score (nSPS) is 13.5. The zero-order chi connectivity index (χ0) is 22.0. The van der Waals surface area contributed by atoms with Crippen LogP contribution >= 0.6 is 0 Å². The Kier molecular flexibility index (Phi) is 5.83. The molecule has 0 N–H and O–H groups in total. The van der Waals surface area contributed by atoms with Gasteiger partial charge in [0, 0.05) is 19.2 Å². The molecule has 1 aliphatic rings. The van der Waals surface area contributed by atoms with Crippen molar-refractivity contribution in [1.82, 2.24) is 0 Å². The number of carbonyl (C=O) groups is 1. The van der Waals surface area contributed by atoms with Gasteiger partial charge in [-0.15, -0.1) is 0 Å². The third-order valence-electron chi connectivity index (χ3n) is 5.60. The van der Waals surface area contributed by atoms with E-state index in [1.807, 2.05) is 61.5 Å². The van der Waals surface area contributed by atoms with E-state index in [-0.39, 0.29) is 17.3 Å². The Morgan fingerprint density at radius 2 is 1.77 bits per heavy atom. The molecule has 1 heterocycles. The van der Waals surface area contributed by atoms with Gasteiger partial charge in [-0.2, -0.15) is 0 Å². The van der Waals surface area contributed by atoms with Crippen molar-refractivity contribution >= 4 is 27.3 Å². The zero-order valence-corrected chi connectivity index (χ0v) is 18.6.